The smallest absolute Gasteiger partial charge is 0.169 e. The molecule has 0 saturated heterocycles. The zero-order valence-corrected chi connectivity index (χ0v) is 17.6. The van der Waals surface area contributed by atoms with Crippen LogP contribution in [0, 0.1) is 0 Å². The van der Waals surface area contributed by atoms with Gasteiger partial charge in [0.15, 0.2) is 5.16 Å². The summed E-state index contributed by atoms with van der Waals surface area (Å²) in [6.07, 6.45) is 5.33. The molecule has 28 heavy (non-hydrogen) atoms. The van der Waals surface area contributed by atoms with Crippen molar-refractivity contribution in [3.8, 4) is 0 Å². The first-order chi connectivity index (χ1) is 13.8. The van der Waals surface area contributed by atoms with Crippen LogP contribution in [0.2, 0.25) is 0 Å². The Kier molecular flexibility index (Phi) is 6.01. The van der Waals surface area contributed by atoms with Crippen LogP contribution in [0.1, 0.15) is 42.9 Å². The number of hydrogen-bond donors (Lipinski definition) is 0. The number of fused-ring (bicyclic) bond motifs is 1. The Balaban J connectivity index is 1.58. The number of nitrogens with zero attached hydrogens (tertiary/aromatic N) is 4. The minimum absolute atomic E-state index is 0.809. The number of aromatic nitrogens is 3. The van der Waals surface area contributed by atoms with Gasteiger partial charge in [0.25, 0.3) is 0 Å². The number of anilines is 1. The van der Waals surface area contributed by atoms with E-state index in [1.165, 1.54) is 29.1 Å². The fourth-order valence-corrected chi connectivity index (χ4v) is 5.02. The molecule has 0 saturated carbocycles. The summed E-state index contributed by atoms with van der Waals surface area (Å²) in [6, 6.07) is 14.9. The number of rotatable bonds is 8. The number of pyridine rings is 1. The average molecular weight is 393 g/mol. The van der Waals surface area contributed by atoms with E-state index >= 15 is 0 Å². The van der Waals surface area contributed by atoms with Crippen molar-refractivity contribution in [1.29, 1.82) is 0 Å². The van der Waals surface area contributed by atoms with Gasteiger partial charge in [-0.15, -0.1) is 0 Å². The SMILES string of the molecule is CCN(CC)c1ccccc1CSc1nc2c(n1Cc1ccccn1)CCC2. The van der Waals surface area contributed by atoms with Gasteiger partial charge in [-0.3, -0.25) is 4.98 Å². The molecule has 5 heteroatoms. The van der Waals surface area contributed by atoms with E-state index in [-0.39, 0.29) is 0 Å². The highest BCUT2D eigenvalue weighted by molar-refractivity contribution is 7.98. The van der Waals surface area contributed by atoms with Crippen molar-refractivity contribution in [1.82, 2.24) is 14.5 Å². The van der Waals surface area contributed by atoms with Crippen LogP contribution in [0.5, 0.6) is 0 Å². The highest BCUT2D eigenvalue weighted by Gasteiger charge is 2.22. The summed E-state index contributed by atoms with van der Waals surface area (Å²) in [5.74, 6) is 0.935. The quantitative estimate of drug-likeness (QED) is 0.508. The van der Waals surface area contributed by atoms with Gasteiger partial charge in [-0.05, 0) is 56.9 Å². The summed E-state index contributed by atoms with van der Waals surface area (Å²) in [4.78, 5) is 12.0. The normalized spacial score (nSPS) is 12.9. The second-order valence-electron chi connectivity index (χ2n) is 7.14. The van der Waals surface area contributed by atoms with Crippen molar-refractivity contribution in [2.24, 2.45) is 0 Å². The van der Waals surface area contributed by atoms with Crippen molar-refractivity contribution in [3.05, 3.63) is 71.3 Å². The number of benzene rings is 1. The molecule has 2 aromatic heterocycles. The lowest BCUT2D eigenvalue weighted by Gasteiger charge is -2.24. The van der Waals surface area contributed by atoms with Crippen LogP contribution in [0.25, 0.3) is 0 Å². The summed E-state index contributed by atoms with van der Waals surface area (Å²) in [6.45, 7) is 7.31. The fourth-order valence-electron chi connectivity index (χ4n) is 3.99. The standard InChI is InChI=1S/C23H28N4S/c1-3-26(4-2)21-13-6-5-10-18(21)17-28-23-25-20-12-9-14-22(20)27(23)16-19-11-7-8-15-24-19/h5-8,10-11,13,15H,3-4,9,12,14,16-17H2,1-2H3. The van der Waals surface area contributed by atoms with Gasteiger partial charge in [-0.25, -0.2) is 4.98 Å². The van der Waals surface area contributed by atoms with E-state index < -0.39 is 0 Å². The molecule has 1 aliphatic carbocycles. The molecule has 3 aromatic rings. The Bertz CT molecular complexity index is 916. The van der Waals surface area contributed by atoms with Crippen molar-refractivity contribution >= 4 is 17.4 Å². The first-order valence-corrected chi connectivity index (χ1v) is 11.2. The fraction of sp³-hybridized carbons (Fsp3) is 0.391. The van der Waals surface area contributed by atoms with E-state index in [0.717, 1.165) is 49.1 Å². The first-order valence-electron chi connectivity index (χ1n) is 10.2. The van der Waals surface area contributed by atoms with E-state index in [2.05, 4.69) is 64.7 Å². The van der Waals surface area contributed by atoms with Crippen molar-refractivity contribution in [2.75, 3.05) is 18.0 Å². The van der Waals surface area contributed by atoms with E-state index in [9.17, 15) is 0 Å². The van der Waals surface area contributed by atoms with Gasteiger partial charge in [0.1, 0.15) is 0 Å². The Morgan fingerprint density at radius 3 is 2.64 bits per heavy atom. The zero-order valence-electron chi connectivity index (χ0n) is 16.8. The number of aryl methyl sites for hydroxylation is 1. The van der Waals surface area contributed by atoms with Crippen LogP contribution < -0.4 is 4.90 Å². The molecule has 0 unspecified atom stereocenters. The molecule has 0 radical (unpaired) electrons. The molecule has 4 nitrogen and oxygen atoms in total. The summed E-state index contributed by atoms with van der Waals surface area (Å²) in [5, 5.41) is 1.13. The van der Waals surface area contributed by atoms with Crippen molar-refractivity contribution in [2.45, 2.75) is 50.6 Å². The lowest BCUT2D eigenvalue weighted by molar-refractivity contribution is 0.650. The third kappa shape index (κ3) is 3.95. The molecule has 0 amide bonds. The molecule has 1 aromatic carbocycles. The molecule has 2 heterocycles. The number of thioether (sulfide) groups is 1. The molecule has 1 aliphatic rings. The van der Waals surface area contributed by atoms with Crippen LogP contribution in [-0.2, 0) is 25.1 Å². The molecule has 0 N–H and O–H groups in total. The predicted octanol–water partition coefficient (Wildman–Crippen LogP) is 4.95. The summed E-state index contributed by atoms with van der Waals surface area (Å²) >= 11 is 1.85. The highest BCUT2D eigenvalue weighted by atomic mass is 32.2. The maximum absolute atomic E-state index is 5.00. The van der Waals surface area contributed by atoms with Crippen molar-refractivity contribution < 1.29 is 0 Å². The number of para-hydroxylation sites is 1. The predicted molar refractivity (Wildman–Crippen MR) is 117 cm³/mol. The van der Waals surface area contributed by atoms with Crippen molar-refractivity contribution in [3.63, 3.8) is 0 Å². The van der Waals surface area contributed by atoms with E-state index in [0.29, 0.717) is 0 Å². The number of imidazole rings is 1. The lowest BCUT2D eigenvalue weighted by Crippen LogP contribution is -2.22. The molecule has 0 atom stereocenters. The Labute approximate surface area is 172 Å². The molecule has 0 bridgehead atoms. The van der Waals surface area contributed by atoms with Gasteiger partial charge in [-0.2, -0.15) is 0 Å². The topological polar surface area (TPSA) is 34.0 Å². The Hall–Kier alpha value is -2.27. The molecular weight excluding hydrogens is 364 g/mol. The van der Waals surface area contributed by atoms with Gasteiger partial charge in [0.05, 0.1) is 17.9 Å². The molecule has 146 valence electrons. The molecule has 4 rings (SSSR count). The largest absolute Gasteiger partial charge is 0.372 e. The van der Waals surface area contributed by atoms with Gasteiger partial charge in [0, 0.05) is 36.4 Å². The second-order valence-corrected chi connectivity index (χ2v) is 8.08. The lowest BCUT2D eigenvalue weighted by atomic mass is 10.2. The molecule has 0 fully saturated rings. The van der Waals surface area contributed by atoms with Crippen LogP contribution in [0.15, 0.2) is 53.8 Å². The van der Waals surface area contributed by atoms with Crippen LogP contribution in [-0.4, -0.2) is 27.6 Å². The summed E-state index contributed by atoms with van der Waals surface area (Å²) in [5.41, 5.74) is 6.51. The van der Waals surface area contributed by atoms with Crippen LogP contribution in [0.3, 0.4) is 0 Å². The van der Waals surface area contributed by atoms with Gasteiger partial charge in [-0.1, -0.05) is 36.0 Å². The van der Waals surface area contributed by atoms with Gasteiger partial charge >= 0.3 is 0 Å². The average Bonchev–Trinajstić information content (AvgIpc) is 3.31. The maximum Gasteiger partial charge on any atom is 0.169 e. The van der Waals surface area contributed by atoms with E-state index in [4.69, 9.17) is 4.98 Å². The molecule has 0 aliphatic heterocycles. The first kappa shape index (κ1) is 19.1. The minimum atomic E-state index is 0.809. The van der Waals surface area contributed by atoms with Gasteiger partial charge in [0.2, 0.25) is 0 Å². The van der Waals surface area contributed by atoms with E-state index in [1.807, 2.05) is 24.0 Å². The monoisotopic (exact) mass is 392 g/mol. The molecular formula is C23H28N4S. The maximum atomic E-state index is 5.00. The van der Waals surface area contributed by atoms with Crippen LogP contribution in [0.4, 0.5) is 5.69 Å². The van der Waals surface area contributed by atoms with Crippen LogP contribution >= 0.6 is 11.8 Å². The Morgan fingerprint density at radius 2 is 1.86 bits per heavy atom. The Morgan fingerprint density at radius 1 is 1.04 bits per heavy atom. The number of hydrogen-bond acceptors (Lipinski definition) is 4. The summed E-state index contributed by atoms with van der Waals surface area (Å²) < 4.78 is 2.40. The third-order valence-corrected chi connectivity index (χ3v) is 6.47. The third-order valence-electron chi connectivity index (χ3n) is 5.45. The molecule has 0 spiro atoms. The minimum Gasteiger partial charge on any atom is -0.372 e. The van der Waals surface area contributed by atoms with Gasteiger partial charge < -0.3 is 9.47 Å². The zero-order chi connectivity index (χ0) is 19.3. The highest BCUT2D eigenvalue weighted by Crippen LogP contribution is 2.32. The van der Waals surface area contributed by atoms with E-state index in [1.54, 1.807) is 0 Å². The second kappa shape index (κ2) is 8.82. The summed E-state index contributed by atoms with van der Waals surface area (Å²) in [7, 11) is 0.